The van der Waals surface area contributed by atoms with E-state index >= 15 is 0 Å². The smallest absolute Gasteiger partial charge is 0.163 e. The Hall–Kier alpha value is -2.59. The lowest BCUT2D eigenvalue weighted by atomic mass is 9.94. The highest BCUT2D eigenvalue weighted by Gasteiger charge is 2.32. The van der Waals surface area contributed by atoms with Gasteiger partial charge in [-0.25, -0.2) is 15.0 Å². The van der Waals surface area contributed by atoms with Crippen molar-refractivity contribution in [3.05, 3.63) is 36.8 Å². The van der Waals surface area contributed by atoms with Crippen LogP contribution in [0.3, 0.4) is 0 Å². The summed E-state index contributed by atoms with van der Waals surface area (Å²) >= 11 is 1.89. The Bertz CT molecular complexity index is 907. The van der Waals surface area contributed by atoms with Crippen molar-refractivity contribution in [1.82, 2.24) is 19.9 Å². The first-order valence-corrected chi connectivity index (χ1v) is 8.98. The van der Waals surface area contributed by atoms with Gasteiger partial charge in [0, 0.05) is 29.5 Å². The summed E-state index contributed by atoms with van der Waals surface area (Å²) in [6, 6.07) is 8.15. The van der Waals surface area contributed by atoms with Crippen molar-refractivity contribution in [3.63, 3.8) is 0 Å². The number of pyridine rings is 1. The summed E-state index contributed by atoms with van der Waals surface area (Å²) in [7, 11) is 0. The second-order valence-electron chi connectivity index (χ2n) is 5.80. The third kappa shape index (κ3) is 2.69. The molecule has 0 aromatic carbocycles. The number of nitrogens with one attached hydrogen (secondary N) is 2. The summed E-state index contributed by atoms with van der Waals surface area (Å²) in [5.74, 6) is 3.29. The predicted molar refractivity (Wildman–Crippen MR) is 95.6 cm³/mol. The van der Waals surface area contributed by atoms with Crippen molar-refractivity contribution in [3.8, 4) is 17.5 Å². The van der Waals surface area contributed by atoms with Crippen LogP contribution in [-0.2, 0) is 0 Å². The van der Waals surface area contributed by atoms with Crippen LogP contribution >= 0.6 is 11.8 Å². The molecule has 0 amide bonds. The number of H-pyrrole nitrogens is 1. The van der Waals surface area contributed by atoms with E-state index in [1.807, 2.05) is 36.2 Å². The van der Waals surface area contributed by atoms with Gasteiger partial charge in [-0.15, -0.1) is 0 Å². The average molecular weight is 336 g/mol. The maximum absolute atomic E-state index is 9.62. The fourth-order valence-corrected chi connectivity index (χ4v) is 4.12. The highest BCUT2D eigenvalue weighted by atomic mass is 32.2. The molecule has 0 bridgehead atoms. The van der Waals surface area contributed by atoms with E-state index in [2.05, 4.69) is 31.3 Å². The Balaban J connectivity index is 1.68. The molecule has 0 saturated carbocycles. The fourth-order valence-electron chi connectivity index (χ4n) is 2.93. The molecule has 0 radical (unpaired) electrons. The van der Waals surface area contributed by atoms with Crippen molar-refractivity contribution in [2.24, 2.45) is 0 Å². The van der Waals surface area contributed by atoms with Crippen LogP contribution in [0.15, 0.2) is 36.8 Å². The van der Waals surface area contributed by atoms with Gasteiger partial charge in [-0.2, -0.15) is 17.0 Å². The third-order valence-corrected chi connectivity index (χ3v) is 5.26. The van der Waals surface area contributed by atoms with E-state index in [0.29, 0.717) is 11.6 Å². The predicted octanol–water partition coefficient (Wildman–Crippen LogP) is 3.22. The number of anilines is 1. The molecule has 0 unspecified atom stereocenters. The maximum Gasteiger partial charge on any atom is 0.163 e. The zero-order valence-electron chi connectivity index (χ0n) is 13.0. The molecular weight excluding hydrogens is 320 g/mol. The van der Waals surface area contributed by atoms with Crippen LogP contribution in [0.25, 0.3) is 22.4 Å². The number of aromatic nitrogens is 4. The van der Waals surface area contributed by atoms with Crippen LogP contribution in [0.2, 0.25) is 0 Å². The van der Waals surface area contributed by atoms with Gasteiger partial charge in [-0.3, -0.25) is 0 Å². The second kappa shape index (κ2) is 6.13. The standard InChI is InChI=1S/C17H16N6S/c18-11-17(4-8-24-9-5-17)23-14-3-7-20-16(22-14)13-10-21-15-12(13)2-1-6-19-15/h1-3,6-7,10H,4-5,8-9H2,(H,19,21)(H,20,22,23). The molecule has 6 nitrogen and oxygen atoms in total. The van der Waals surface area contributed by atoms with E-state index in [1.54, 1.807) is 12.4 Å². The lowest BCUT2D eigenvalue weighted by molar-refractivity contribution is 0.543. The molecule has 0 atom stereocenters. The first-order chi connectivity index (χ1) is 11.8. The second-order valence-corrected chi connectivity index (χ2v) is 7.02. The average Bonchev–Trinajstić information content (AvgIpc) is 3.07. The fraction of sp³-hybridized carbons (Fsp3) is 0.294. The topological polar surface area (TPSA) is 90.3 Å². The van der Waals surface area contributed by atoms with Crippen LogP contribution in [0.5, 0.6) is 0 Å². The van der Waals surface area contributed by atoms with E-state index in [9.17, 15) is 5.26 Å². The van der Waals surface area contributed by atoms with Gasteiger partial charge in [-0.1, -0.05) is 0 Å². The van der Waals surface area contributed by atoms with E-state index < -0.39 is 5.54 Å². The van der Waals surface area contributed by atoms with Crippen LogP contribution in [0.4, 0.5) is 5.82 Å². The first-order valence-electron chi connectivity index (χ1n) is 7.82. The van der Waals surface area contributed by atoms with Gasteiger partial charge in [0.25, 0.3) is 0 Å². The molecule has 3 aromatic rings. The Kier molecular flexibility index (Phi) is 3.82. The lowest BCUT2D eigenvalue weighted by Gasteiger charge is -2.31. The van der Waals surface area contributed by atoms with Crippen LogP contribution in [-0.4, -0.2) is 37.0 Å². The van der Waals surface area contributed by atoms with Crippen molar-refractivity contribution in [2.45, 2.75) is 18.4 Å². The molecule has 3 aromatic heterocycles. The van der Waals surface area contributed by atoms with Crippen molar-refractivity contribution in [1.29, 1.82) is 5.26 Å². The van der Waals surface area contributed by atoms with E-state index in [1.165, 1.54) is 0 Å². The number of rotatable bonds is 3. The number of aromatic amines is 1. The van der Waals surface area contributed by atoms with Crippen molar-refractivity contribution in [2.75, 3.05) is 16.8 Å². The van der Waals surface area contributed by atoms with Gasteiger partial charge in [-0.05, 0) is 42.5 Å². The Morgan fingerprint density at radius 2 is 2.08 bits per heavy atom. The minimum absolute atomic E-state index is 0.529. The van der Waals surface area contributed by atoms with Crippen molar-refractivity contribution >= 4 is 28.6 Å². The normalized spacial score (nSPS) is 16.6. The number of thioether (sulfide) groups is 1. The van der Waals surface area contributed by atoms with E-state index in [4.69, 9.17) is 0 Å². The number of nitriles is 1. The summed E-state index contributed by atoms with van der Waals surface area (Å²) in [6.07, 6.45) is 6.99. The zero-order chi connectivity index (χ0) is 16.4. The SMILES string of the molecule is N#CC1(Nc2ccnc(-c3c[nH]c4ncccc34)n2)CCSCC1. The minimum atomic E-state index is -0.529. The Morgan fingerprint density at radius 1 is 1.21 bits per heavy atom. The van der Waals surface area contributed by atoms with Gasteiger partial charge in [0.2, 0.25) is 0 Å². The molecule has 0 aliphatic carbocycles. The number of nitrogens with zero attached hydrogens (tertiary/aromatic N) is 4. The summed E-state index contributed by atoms with van der Waals surface area (Å²) in [5, 5.41) is 13.9. The van der Waals surface area contributed by atoms with Gasteiger partial charge in [0.15, 0.2) is 5.82 Å². The van der Waals surface area contributed by atoms with Crippen LogP contribution in [0.1, 0.15) is 12.8 Å². The summed E-state index contributed by atoms with van der Waals surface area (Å²) < 4.78 is 0. The summed E-state index contributed by atoms with van der Waals surface area (Å²) in [6.45, 7) is 0. The highest BCUT2D eigenvalue weighted by molar-refractivity contribution is 7.99. The summed E-state index contributed by atoms with van der Waals surface area (Å²) in [5.41, 5.74) is 1.19. The van der Waals surface area contributed by atoms with Crippen LogP contribution in [0, 0.1) is 11.3 Å². The van der Waals surface area contributed by atoms with Gasteiger partial charge >= 0.3 is 0 Å². The maximum atomic E-state index is 9.62. The zero-order valence-corrected chi connectivity index (χ0v) is 13.8. The quantitative estimate of drug-likeness (QED) is 0.763. The van der Waals surface area contributed by atoms with E-state index in [0.717, 1.165) is 40.9 Å². The van der Waals surface area contributed by atoms with Gasteiger partial charge in [0.05, 0.1) is 6.07 Å². The van der Waals surface area contributed by atoms with Gasteiger partial charge in [0.1, 0.15) is 17.0 Å². The molecule has 4 rings (SSSR count). The molecule has 7 heteroatoms. The molecule has 120 valence electrons. The minimum Gasteiger partial charge on any atom is -0.352 e. The Morgan fingerprint density at radius 3 is 2.92 bits per heavy atom. The van der Waals surface area contributed by atoms with Crippen molar-refractivity contribution < 1.29 is 0 Å². The molecular formula is C17H16N6S. The molecule has 4 heterocycles. The summed E-state index contributed by atoms with van der Waals surface area (Å²) in [4.78, 5) is 16.4. The molecule has 0 spiro atoms. The number of fused-ring (bicyclic) bond motifs is 1. The molecule has 24 heavy (non-hydrogen) atoms. The third-order valence-electron chi connectivity index (χ3n) is 4.28. The monoisotopic (exact) mass is 336 g/mol. The Labute approximate surface area is 143 Å². The largest absolute Gasteiger partial charge is 0.352 e. The molecule has 1 aliphatic rings. The first kappa shape index (κ1) is 15.0. The molecule has 1 saturated heterocycles. The number of hydrogen-bond acceptors (Lipinski definition) is 6. The lowest BCUT2D eigenvalue weighted by Crippen LogP contribution is -2.40. The molecule has 1 aliphatic heterocycles. The van der Waals surface area contributed by atoms with Gasteiger partial charge < -0.3 is 10.3 Å². The molecule has 2 N–H and O–H groups in total. The van der Waals surface area contributed by atoms with Crippen LogP contribution < -0.4 is 5.32 Å². The number of hydrogen-bond donors (Lipinski definition) is 2. The van der Waals surface area contributed by atoms with E-state index in [-0.39, 0.29) is 0 Å². The molecule has 1 fully saturated rings. The highest BCUT2D eigenvalue weighted by Crippen LogP contribution is 2.30.